The van der Waals surface area contributed by atoms with E-state index >= 15 is 0 Å². The Morgan fingerprint density at radius 1 is 0.176 bits per heavy atom. The fraction of sp³-hybridized carbons (Fsp3) is 0.143. The van der Waals surface area contributed by atoms with Crippen molar-refractivity contribution >= 4 is 93.8 Å². The van der Waals surface area contributed by atoms with E-state index in [0.717, 1.165) is 41.5 Å². The van der Waals surface area contributed by atoms with Crippen LogP contribution in [-0.2, 0) is 51.9 Å². The van der Waals surface area contributed by atoms with Crippen LogP contribution in [0.3, 0.4) is 0 Å². The van der Waals surface area contributed by atoms with Gasteiger partial charge in [-0.25, -0.2) is 0 Å². The average molecular weight is 1100 g/mol. The highest BCUT2D eigenvalue weighted by molar-refractivity contribution is 7.04. The Hall–Kier alpha value is -5.42. The lowest BCUT2D eigenvalue weighted by Gasteiger charge is -2.42. The molecule has 0 bridgehead atoms. The third-order valence-corrected chi connectivity index (χ3v) is 34.1. The van der Waals surface area contributed by atoms with E-state index in [4.69, 9.17) is 51.9 Å². The van der Waals surface area contributed by atoms with E-state index in [1.54, 1.807) is 56.9 Å². The molecule has 384 valence electrons. The zero-order valence-electron chi connectivity index (χ0n) is 43.0. The van der Waals surface area contributed by atoms with E-state index in [0.29, 0.717) is 0 Å². The lowest BCUT2D eigenvalue weighted by Crippen LogP contribution is -2.77. The summed E-state index contributed by atoms with van der Waals surface area (Å²) in [7, 11) is -8.35. The largest absolute Gasteiger partial charge is 0.528 e. The molecular weight excluding hydrogens is 1030 g/mol. The molecule has 0 saturated carbocycles. The minimum absolute atomic E-state index is 0.828. The molecule has 0 N–H and O–H groups in total. The predicted molar refractivity (Wildman–Crippen MR) is 304 cm³/mol. The molecule has 8 rings (SSSR count). The molecule has 8 aromatic carbocycles. The van der Waals surface area contributed by atoms with Crippen molar-refractivity contribution in [2.75, 3.05) is 56.9 Å². The molecule has 0 radical (unpaired) electrons. The van der Waals surface area contributed by atoms with Crippen LogP contribution in [0.15, 0.2) is 243 Å². The lowest BCUT2D eigenvalue weighted by atomic mass is 10.4. The van der Waals surface area contributed by atoms with Crippen molar-refractivity contribution in [1.29, 1.82) is 0 Å². The van der Waals surface area contributed by atoms with Gasteiger partial charge in [0.25, 0.3) is 0 Å². The maximum absolute atomic E-state index is 7.25. The zero-order valence-corrected chi connectivity index (χ0v) is 49.0. The first-order chi connectivity index (χ1) is 36.2. The molecule has 0 aliphatic rings. The minimum Gasteiger partial charge on any atom is -0.383 e. The molecule has 0 aliphatic heterocycles. The smallest absolute Gasteiger partial charge is 0.383 e. The molecule has 8 aromatic rings. The summed E-state index contributed by atoms with van der Waals surface area (Å²) < 4.78 is 78.1. The fourth-order valence-electron chi connectivity index (χ4n) is 8.65. The summed E-state index contributed by atoms with van der Waals surface area (Å²) in [5.41, 5.74) is 0. The molecule has 18 heteroatoms. The van der Waals surface area contributed by atoms with Crippen LogP contribution in [0, 0.1) is 0 Å². The van der Waals surface area contributed by atoms with Crippen molar-refractivity contribution in [3.8, 4) is 0 Å². The summed E-state index contributed by atoms with van der Waals surface area (Å²) in [5.74, 6) is 0. The summed E-state index contributed by atoms with van der Waals surface area (Å²) in [5, 5.41) is 6.83. The van der Waals surface area contributed by atoms with Crippen molar-refractivity contribution in [1.82, 2.24) is 0 Å². The summed E-state index contributed by atoms with van der Waals surface area (Å²) in [6.07, 6.45) is 0. The van der Waals surface area contributed by atoms with Gasteiger partial charge < -0.3 is 51.9 Å². The Kier molecular flexibility index (Phi) is 20.1. The van der Waals surface area contributed by atoms with Gasteiger partial charge in [0.1, 0.15) is 0 Å². The first-order valence-electron chi connectivity index (χ1n) is 23.8. The van der Waals surface area contributed by atoms with Crippen molar-refractivity contribution in [3.63, 3.8) is 0 Å². The SMILES string of the molecule is CO[Si](OC)(O[Si](O[Si](OC)(OC)c1ccccc1)(c1ccccc1)c1ccccc1)c1ccccc1.CO[Si](OC)(O[Si](O[Si](OC)(OC)c1ccccc1)(c1ccccc1)c1ccccc1)c1ccccc1. The molecule has 0 unspecified atom stereocenters. The van der Waals surface area contributed by atoms with E-state index in [-0.39, 0.29) is 0 Å². The van der Waals surface area contributed by atoms with Crippen molar-refractivity contribution in [3.05, 3.63) is 243 Å². The van der Waals surface area contributed by atoms with E-state index in [9.17, 15) is 0 Å². The highest BCUT2D eigenvalue weighted by atomic mass is 28.5. The molecule has 0 fully saturated rings. The summed E-state index contributed by atoms with van der Waals surface area (Å²) in [6, 6.07) is 78.9. The number of rotatable bonds is 24. The van der Waals surface area contributed by atoms with Crippen LogP contribution in [0.1, 0.15) is 0 Å². The van der Waals surface area contributed by atoms with Crippen molar-refractivity contribution < 1.29 is 51.9 Å². The fourth-order valence-corrected chi connectivity index (χ4v) is 32.3. The van der Waals surface area contributed by atoms with Crippen LogP contribution in [0.5, 0.6) is 0 Å². The second-order valence-electron chi connectivity index (χ2n) is 16.4. The van der Waals surface area contributed by atoms with E-state index < -0.39 is 52.3 Å². The van der Waals surface area contributed by atoms with Crippen molar-refractivity contribution in [2.24, 2.45) is 0 Å². The summed E-state index contributed by atoms with van der Waals surface area (Å²) in [6.45, 7) is 0. The average Bonchev–Trinajstić information content (AvgIpc) is 3.50. The van der Waals surface area contributed by atoms with Gasteiger partial charge in [-0.15, -0.1) is 0 Å². The maximum Gasteiger partial charge on any atom is 0.528 e. The van der Waals surface area contributed by atoms with Crippen LogP contribution in [0.2, 0.25) is 0 Å². The molecule has 74 heavy (non-hydrogen) atoms. The summed E-state index contributed by atoms with van der Waals surface area (Å²) in [4.78, 5) is 0. The number of hydrogen-bond donors (Lipinski definition) is 0. The Balaban J connectivity index is 0.000000216. The van der Waals surface area contributed by atoms with E-state index in [2.05, 4.69) is 0 Å². The second-order valence-corrected chi connectivity index (χ2v) is 34.5. The van der Waals surface area contributed by atoms with Crippen LogP contribution in [0.25, 0.3) is 0 Å². The van der Waals surface area contributed by atoms with Gasteiger partial charge in [0.05, 0.1) is 0 Å². The Morgan fingerprint density at radius 2 is 0.297 bits per heavy atom. The molecular formula is C56H64O12Si6. The highest BCUT2D eigenvalue weighted by Gasteiger charge is 2.62. The molecule has 0 aliphatic carbocycles. The second kappa shape index (κ2) is 26.4. The summed E-state index contributed by atoms with van der Waals surface area (Å²) >= 11 is 0. The number of benzene rings is 8. The molecule has 12 nitrogen and oxygen atoms in total. The first-order valence-corrected chi connectivity index (χ1v) is 34.3. The molecule has 0 atom stereocenters. The van der Waals surface area contributed by atoms with Gasteiger partial charge in [-0.1, -0.05) is 243 Å². The predicted octanol–water partition coefficient (Wildman–Crippen LogP) is 5.11. The molecule has 0 amide bonds. The third-order valence-electron chi connectivity index (χ3n) is 12.4. The third kappa shape index (κ3) is 12.0. The number of hydrogen-bond acceptors (Lipinski definition) is 12. The molecule has 0 spiro atoms. The van der Waals surface area contributed by atoms with Gasteiger partial charge in [-0.3, -0.25) is 0 Å². The van der Waals surface area contributed by atoms with Gasteiger partial charge in [-0.2, -0.15) is 0 Å². The minimum atomic E-state index is -3.64. The molecule has 0 heterocycles. The van der Waals surface area contributed by atoms with Crippen molar-refractivity contribution in [2.45, 2.75) is 0 Å². The molecule has 0 saturated heterocycles. The van der Waals surface area contributed by atoms with E-state index in [1.807, 2.05) is 243 Å². The van der Waals surface area contributed by atoms with Crippen LogP contribution in [0.4, 0.5) is 0 Å². The van der Waals surface area contributed by atoms with Crippen LogP contribution in [-0.4, -0.2) is 109 Å². The lowest BCUT2D eigenvalue weighted by molar-refractivity contribution is 0.136. The maximum atomic E-state index is 7.25. The monoisotopic (exact) mass is 1100 g/mol. The van der Waals surface area contributed by atoms with Gasteiger partial charge >= 0.3 is 52.3 Å². The van der Waals surface area contributed by atoms with Gasteiger partial charge in [0.15, 0.2) is 0 Å². The van der Waals surface area contributed by atoms with Gasteiger partial charge in [0, 0.05) is 77.6 Å². The normalized spacial score (nSPS) is 12.4. The zero-order chi connectivity index (χ0) is 52.4. The van der Waals surface area contributed by atoms with Gasteiger partial charge in [-0.05, 0) is 20.7 Å². The Bertz CT molecular complexity index is 2440. The molecule has 0 aromatic heterocycles. The Labute approximate surface area is 442 Å². The van der Waals surface area contributed by atoms with E-state index in [1.165, 1.54) is 0 Å². The van der Waals surface area contributed by atoms with Crippen LogP contribution < -0.4 is 41.5 Å². The Morgan fingerprint density at radius 3 is 0.419 bits per heavy atom. The highest BCUT2D eigenvalue weighted by Crippen LogP contribution is 2.26. The standard InChI is InChI=1S/2C28H32O6Si3/c2*1-29-36(30-2,27-21-13-7-14-22-27)33-35(25-17-9-5-10-18-25,26-19-11-6-12-20-26)34-37(31-3,32-4)28-23-15-8-16-24-28/h2*5-24H,1-4H3. The first kappa shape index (κ1) is 56.3. The quantitative estimate of drug-likeness (QED) is 0.0752. The van der Waals surface area contributed by atoms with Gasteiger partial charge in [0.2, 0.25) is 0 Å². The topological polar surface area (TPSA) is 111 Å². The van der Waals surface area contributed by atoms with Crippen LogP contribution >= 0.6 is 0 Å².